The zero-order valence-corrected chi connectivity index (χ0v) is 21.5. The Morgan fingerprint density at radius 3 is 2.86 bits per heavy atom. The lowest BCUT2D eigenvalue weighted by Crippen LogP contribution is -2.49. The Hall–Kier alpha value is -3.39. The van der Waals surface area contributed by atoms with Crippen LogP contribution in [-0.2, 0) is 24.9 Å². The van der Waals surface area contributed by atoms with Crippen LogP contribution in [0.4, 0.5) is 4.79 Å². The minimum Gasteiger partial charge on any atom is -0.481 e. The van der Waals surface area contributed by atoms with Gasteiger partial charge in [0.05, 0.1) is 19.2 Å². The van der Waals surface area contributed by atoms with Crippen LogP contribution in [0.15, 0.2) is 53.6 Å². The molecule has 0 radical (unpaired) electrons. The molecule has 1 unspecified atom stereocenters. The van der Waals surface area contributed by atoms with E-state index in [1.54, 1.807) is 13.3 Å². The molecule has 1 atom stereocenters. The maximum Gasteiger partial charge on any atom is 0.409 e. The van der Waals surface area contributed by atoms with Crippen LogP contribution < -0.4 is 10.2 Å². The molecular weight excluding hydrogens is 456 g/mol. The number of methoxy groups -OCH3 is 1. The van der Waals surface area contributed by atoms with Gasteiger partial charge in [0.15, 0.2) is 5.43 Å². The summed E-state index contributed by atoms with van der Waals surface area (Å²) in [6, 6.07) is 11.7. The van der Waals surface area contributed by atoms with Gasteiger partial charge in [-0.05, 0) is 43.0 Å². The number of amides is 1. The van der Waals surface area contributed by atoms with Gasteiger partial charge in [-0.15, -0.1) is 0 Å². The predicted octanol–water partition coefficient (Wildman–Crippen LogP) is 4.35. The number of rotatable bonds is 9. The Bertz CT molecular complexity index is 1240. The van der Waals surface area contributed by atoms with Crippen LogP contribution in [0.3, 0.4) is 0 Å². The maximum atomic E-state index is 13.4. The lowest BCUT2D eigenvalue weighted by Gasteiger charge is -2.39. The number of hydrogen-bond donors (Lipinski definition) is 0. The number of nitrogens with zero attached hydrogens (tertiary/aromatic N) is 4. The zero-order chi connectivity index (χ0) is 25.5. The van der Waals surface area contributed by atoms with Gasteiger partial charge in [-0.25, -0.2) is 9.78 Å². The summed E-state index contributed by atoms with van der Waals surface area (Å²) in [6.45, 7) is 4.87. The number of carbonyl (C=O) groups excluding carboxylic acids is 1. The second-order valence-electron chi connectivity index (χ2n) is 9.43. The first kappa shape index (κ1) is 25.7. The van der Waals surface area contributed by atoms with Crippen LogP contribution in [0.25, 0.3) is 10.9 Å². The summed E-state index contributed by atoms with van der Waals surface area (Å²) < 4.78 is 12.8. The third kappa shape index (κ3) is 6.05. The average molecular weight is 493 g/mol. The first-order valence-corrected chi connectivity index (χ1v) is 12.7. The van der Waals surface area contributed by atoms with Gasteiger partial charge in [-0.1, -0.05) is 25.5 Å². The Morgan fingerprint density at radius 1 is 1.22 bits per heavy atom. The fraction of sp³-hybridized carbons (Fsp3) is 0.464. The molecule has 1 saturated heterocycles. The van der Waals surface area contributed by atoms with Crippen molar-refractivity contribution in [3.05, 3.63) is 70.1 Å². The normalized spacial score (nSPS) is 15.9. The number of hydrogen-bond acceptors (Lipinski definition) is 6. The molecule has 8 heteroatoms. The summed E-state index contributed by atoms with van der Waals surface area (Å²) in [5, 5.41) is 0.716. The Kier molecular flexibility index (Phi) is 8.59. The molecule has 0 aliphatic carbocycles. The molecule has 3 heterocycles. The largest absolute Gasteiger partial charge is 0.481 e. The summed E-state index contributed by atoms with van der Waals surface area (Å²) in [6.07, 6.45) is 7.10. The molecule has 0 spiro atoms. The van der Waals surface area contributed by atoms with Crippen molar-refractivity contribution in [2.24, 2.45) is 7.05 Å². The molecule has 1 aromatic carbocycles. The molecule has 1 amide bonds. The quantitative estimate of drug-likeness (QED) is 0.414. The molecule has 0 N–H and O–H groups in total. The van der Waals surface area contributed by atoms with Gasteiger partial charge < -0.3 is 18.9 Å². The number of para-hydroxylation sites is 1. The van der Waals surface area contributed by atoms with E-state index in [0.29, 0.717) is 44.1 Å². The average Bonchev–Trinajstić information content (AvgIpc) is 2.91. The summed E-state index contributed by atoms with van der Waals surface area (Å²) >= 11 is 0. The summed E-state index contributed by atoms with van der Waals surface area (Å²) in [5.41, 5.74) is 2.74. The molecule has 36 heavy (non-hydrogen) atoms. The lowest BCUT2D eigenvalue weighted by atomic mass is 10.0. The SMILES string of the molecule is CCCCOC(=O)N1CCCC(N(Cc2ccnc(OC)c2)Cc2cn(C)c3ccccc3c2=O)C1. The molecule has 1 aliphatic heterocycles. The van der Waals surface area contributed by atoms with Gasteiger partial charge in [0.1, 0.15) is 0 Å². The highest BCUT2D eigenvalue weighted by atomic mass is 16.6. The molecule has 4 rings (SSSR count). The van der Waals surface area contributed by atoms with Gasteiger partial charge in [-0.3, -0.25) is 9.69 Å². The number of pyridine rings is 2. The fourth-order valence-corrected chi connectivity index (χ4v) is 4.86. The fourth-order valence-electron chi connectivity index (χ4n) is 4.86. The van der Waals surface area contributed by atoms with Crippen LogP contribution in [0.2, 0.25) is 0 Å². The smallest absolute Gasteiger partial charge is 0.409 e. The number of ether oxygens (including phenoxy) is 2. The first-order valence-electron chi connectivity index (χ1n) is 12.7. The van der Waals surface area contributed by atoms with E-state index in [1.165, 1.54) is 0 Å². The number of carbonyl (C=O) groups is 1. The number of likely N-dealkylation sites (tertiary alicyclic amines) is 1. The summed E-state index contributed by atoms with van der Waals surface area (Å²) in [5.74, 6) is 0.554. The van der Waals surface area contributed by atoms with Crippen molar-refractivity contribution in [2.45, 2.75) is 51.7 Å². The summed E-state index contributed by atoms with van der Waals surface area (Å²) in [4.78, 5) is 34.4. The van der Waals surface area contributed by atoms with Gasteiger partial charge >= 0.3 is 6.09 Å². The van der Waals surface area contributed by atoms with Gasteiger partial charge in [-0.2, -0.15) is 0 Å². The Balaban J connectivity index is 1.61. The second-order valence-corrected chi connectivity index (χ2v) is 9.43. The van der Waals surface area contributed by atoms with Crippen molar-refractivity contribution < 1.29 is 14.3 Å². The minimum absolute atomic E-state index is 0.0487. The maximum absolute atomic E-state index is 13.4. The number of unbranched alkanes of at least 4 members (excludes halogenated alkanes) is 1. The topological polar surface area (TPSA) is 76.9 Å². The standard InChI is InChI=1S/C28H36N4O4/c1-4-5-15-36-28(34)31-14-8-9-23(20-31)32(17-21-12-13-29-26(16-21)35-3)19-22-18-30(2)25-11-7-6-10-24(25)27(22)33/h6-7,10-13,16,18,23H,4-5,8-9,14-15,17,19-20H2,1-3H3. The molecule has 8 nitrogen and oxygen atoms in total. The van der Waals surface area contributed by atoms with Crippen molar-refractivity contribution in [2.75, 3.05) is 26.8 Å². The van der Waals surface area contributed by atoms with E-state index in [1.807, 2.05) is 59.1 Å². The minimum atomic E-state index is -0.250. The Labute approximate surface area is 212 Å². The van der Waals surface area contributed by atoms with E-state index in [2.05, 4.69) is 16.8 Å². The number of aromatic nitrogens is 2. The van der Waals surface area contributed by atoms with Crippen LogP contribution >= 0.6 is 0 Å². The molecule has 0 saturated carbocycles. The van der Waals surface area contributed by atoms with E-state index in [-0.39, 0.29) is 17.6 Å². The highest BCUT2D eigenvalue weighted by molar-refractivity contribution is 5.79. The van der Waals surface area contributed by atoms with Crippen molar-refractivity contribution in [1.82, 2.24) is 19.4 Å². The second kappa shape index (κ2) is 12.0. The van der Waals surface area contributed by atoms with E-state index in [9.17, 15) is 9.59 Å². The third-order valence-corrected chi connectivity index (χ3v) is 6.83. The third-order valence-electron chi connectivity index (χ3n) is 6.83. The van der Waals surface area contributed by atoms with Crippen molar-refractivity contribution >= 4 is 17.0 Å². The molecule has 2 aromatic heterocycles. The van der Waals surface area contributed by atoms with Crippen LogP contribution in [0.1, 0.15) is 43.7 Å². The van der Waals surface area contributed by atoms with Crippen LogP contribution in [0, 0.1) is 0 Å². The predicted molar refractivity (Wildman–Crippen MR) is 140 cm³/mol. The number of benzene rings is 1. The van der Waals surface area contributed by atoms with E-state index >= 15 is 0 Å². The lowest BCUT2D eigenvalue weighted by molar-refractivity contribution is 0.0585. The molecule has 0 bridgehead atoms. The Morgan fingerprint density at radius 2 is 2.06 bits per heavy atom. The molecular formula is C28H36N4O4. The number of piperidine rings is 1. The van der Waals surface area contributed by atoms with Crippen molar-refractivity contribution in [3.8, 4) is 5.88 Å². The van der Waals surface area contributed by atoms with Crippen LogP contribution in [-0.4, -0.2) is 58.3 Å². The van der Waals surface area contributed by atoms with Crippen LogP contribution in [0.5, 0.6) is 5.88 Å². The van der Waals surface area contributed by atoms with Gasteiger partial charge in [0.25, 0.3) is 0 Å². The van der Waals surface area contributed by atoms with Gasteiger partial charge in [0, 0.05) is 68.7 Å². The zero-order valence-electron chi connectivity index (χ0n) is 21.5. The highest BCUT2D eigenvalue weighted by Gasteiger charge is 2.29. The van der Waals surface area contributed by atoms with Crippen molar-refractivity contribution in [1.29, 1.82) is 0 Å². The molecule has 192 valence electrons. The van der Waals surface area contributed by atoms with Crippen molar-refractivity contribution in [3.63, 3.8) is 0 Å². The summed E-state index contributed by atoms with van der Waals surface area (Å²) in [7, 11) is 3.57. The van der Waals surface area contributed by atoms with E-state index < -0.39 is 0 Å². The highest BCUT2D eigenvalue weighted by Crippen LogP contribution is 2.23. The van der Waals surface area contributed by atoms with E-state index in [4.69, 9.17) is 9.47 Å². The first-order chi connectivity index (χ1) is 17.5. The van der Waals surface area contributed by atoms with E-state index in [0.717, 1.165) is 42.3 Å². The monoisotopic (exact) mass is 492 g/mol. The molecule has 3 aromatic rings. The van der Waals surface area contributed by atoms with Gasteiger partial charge in [0.2, 0.25) is 5.88 Å². The molecule has 1 fully saturated rings. The molecule has 1 aliphatic rings. The number of aryl methyl sites for hydroxylation is 1. The number of fused-ring (bicyclic) bond motifs is 1.